The van der Waals surface area contributed by atoms with Gasteiger partial charge in [0.2, 0.25) is 0 Å². The number of carbonyl (C=O) groups is 1. The number of amides is 1. The smallest absolute Gasteiger partial charge is 0.264 e. The summed E-state index contributed by atoms with van der Waals surface area (Å²) < 4.78 is 44.6. The normalized spacial score (nSPS) is 15.1. The highest BCUT2D eigenvalue weighted by Crippen LogP contribution is 2.37. The Morgan fingerprint density at radius 1 is 1.03 bits per heavy atom. The van der Waals surface area contributed by atoms with Crippen molar-refractivity contribution in [3.8, 4) is 17.2 Å². The number of carbonyl (C=O) groups excluding carboxylic acids is 1. The standard InChI is InChI=1S/C25H26N2O6S/c1-17-8-11-19(12-9-17)34(29,30)27-16-24(33-21-7-5-4-6-20(21)27)25(28)26-15-18-10-13-22(31-2)23(14-18)32-3/h4-14,24H,15-16H2,1-3H3,(H,26,28)/t24-/m1/s1. The Hall–Kier alpha value is -3.72. The molecule has 0 bridgehead atoms. The maximum atomic E-state index is 13.5. The van der Waals surface area contributed by atoms with Crippen molar-refractivity contribution >= 4 is 21.6 Å². The van der Waals surface area contributed by atoms with Gasteiger partial charge in [-0.05, 0) is 48.9 Å². The zero-order valence-electron chi connectivity index (χ0n) is 19.1. The summed E-state index contributed by atoms with van der Waals surface area (Å²) in [7, 11) is -0.812. The molecule has 9 heteroatoms. The Kier molecular flexibility index (Phi) is 6.65. The monoisotopic (exact) mass is 482 g/mol. The number of methoxy groups -OCH3 is 2. The second-order valence-corrected chi connectivity index (χ2v) is 9.69. The van der Waals surface area contributed by atoms with Gasteiger partial charge in [-0.3, -0.25) is 9.10 Å². The van der Waals surface area contributed by atoms with E-state index in [4.69, 9.17) is 14.2 Å². The van der Waals surface area contributed by atoms with Gasteiger partial charge in [0.1, 0.15) is 5.75 Å². The summed E-state index contributed by atoms with van der Waals surface area (Å²) in [6.45, 7) is 1.95. The van der Waals surface area contributed by atoms with Crippen LogP contribution in [0.3, 0.4) is 0 Å². The number of benzene rings is 3. The first-order chi connectivity index (χ1) is 16.3. The number of fused-ring (bicyclic) bond motifs is 1. The molecule has 1 atom stereocenters. The number of anilines is 1. The van der Waals surface area contributed by atoms with Crippen molar-refractivity contribution in [1.29, 1.82) is 0 Å². The molecule has 8 nitrogen and oxygen atoms in total. The van der Waals surface area contributed by atoms with Gasteiger partial charge in [0.05, 0.1) is 31.3 Å². The minimum Gasteiger partial charge on any atom is -0.493 e. The molecule has 0 saturated heterocycles. The van der Waals surface area contributed by atoms with E-state index < -0.39 is 22.0 Å². The molecule has 0 fully saturated rings. The predicted molar refractivity (Wildman–Crippen MR) is 128 cm³/mol. The number of rotatable bonds is 7. The van der Waals surface area contributed by atoms with E-state index in [9.17, 15) is 13.2 Å². The highest BCUT2D eigenvalue weighted by molar-refractivity contribution is 7.92. The maximum Gasteiger partial charge on any atom is 0.264 e. The molecule has 1 heterocycles. The summed E-state index contributed by atoms with van der Waals surface area (Å²) in [6.07, 6.45) is -1.02. The molecule has 1 aliphatic heterocycles. The van der Waals surface area contributed by atoms with Gasteiger partial charge in [-0.15, -0.1) is 0 Å². The highest BCUT2D eigenvalue weighted by atomic mass is 32.2. The molecule has 3 aromatic carbocycles. The van der Waals surface area contributed by atoms with Gasteiger partial charge < -0.3 is 19.5 Å². The second kappa shape index (κ2) is 9.64. The van der Waals surface area contributed by atoms with Gasteiger partial charge in [0.25, 0.3) is 15.9 Å². The lowest BCUT2D eigenvalue weighted by atomic mass is 10.2. The van der Waals surface area contributed by atoms with Crippen LogP contribution >= 0.6 is 0 Å². The van der Waals surface area contributed by atoms with Crippen molar-refractivity contribution in [2.24, 2.45) is 0 Å². The fourth-order valence-corrected chi connectivity index (χ4v) is 5.17. The first-order valence-corrected chi connectivity index (χ1v) is 12.1. The lowest BCUT2D eigenvalue weighted by Gasteiger charge is -2.34. The minimum atomic E-state index is -3.90. The van der Waals surface area contributed by atoms with E-state index in [1.165, 1.54) is 11.4 Å². The summed E-state index contributed by atoms with van der Waals surface area (Å²) in [6, 6.07) is 18.7. The van der Waals surface area contributed by atoms with Crippen molar-refractivity contribution in [2.75, 3.05) is 25.1 Å². The summed E-state index contributed by atoms with van der Waals surface area (Å²) >= 11 is 0. The van der Waals surface area contributed by atoms with E-state index in [1.54, 1.807) is 67.8 Å². The van der Waals surface area contributed by atoms with Gasteiger partial charge in [-0.1, -0.05) is 35.9 Å². The lowest BCUT2D eigenvalue weighted by Crippen LogP contribution is -2.50. The third-order valence-electron chi connectivity index (χ3n) is 5.55. The third-order valence-corrected chi connectivity index (χ3v) is 7.34. The molecule has 0 aromatic heterocycles. The van der Waals surface area contributed by atoms with Crippen molar-refractivity contribution in [3.63, 3.8) is 0 Å². The number of para-hydroxylation sites is 2. The molecule has 0 saturated carbocycles. The Morgan fingerprint density at radius 3 is 2.44 bits per heavy atom. The van der Waals surface area contributed by atoms with Gasteiger partial charge in [-0.25, -0.2) is 8.42 Å². The molecular weight excluding hydrogens is 456 g/mol. The van der Waals surface area contributed by atoms with Crippen LogP contribution < -0.4 is 23.8 Å². The molecule has 0 spiro atoms. The number of hydrogen-bond donors (Lipinski definition) is 1. The summed E-state index contributed by atoms with van der Waals surface area (Å²) in [4.78, 5) is 13.2. The lowest BCUT2D eigenvalue weighted by molar-refractivity contribution is -0.127. The fraction of sp³-hybridized carbons (Fsp3) is 0.240. The Labute approximate surface area is 199 Å². The zero-order valence-corrected chi connectivity index (χ0v) is 20.0. The van der Waals surface area contributed by atoms with Crippen LogP contribution in [0, 0.1) is 6.92 Å². The molecule has 1 amide bonds. The molecule has 0 aliphatic carbocycles. The first kappa shape index (κ1) is 23.4. The average Bonchev–Trinajstić information content (AvgIpc) is 2.86. The largest absolute Gasteiger partial charge is 0.493 e. The van der Waals surface area contributed by atoms with E-state index >= 15 is 0 Å². The van der Waals surface area contributed by atoms with Gasteiger partial charge in [0.15, 0.2) is 17.6 Å². The van der Waals surface area contributed by atoms with Crippen LogP contribution in [0.1, 0.15) is 11.1 Å². The fourth-order valence-electron chi connectivity index (χ4n) is 3.70. The number of aryl methyl sites for hydroxylation is 1. The number of hydrogen-bond acceptors (Lipinski definition) is 6. The number of sulfonamides is 1. The molecule has 0 unspecified atom stereocenters. The van der Waals surface area contributed by atoms with Crippen LogP contribution in [0.15, 0.2) is 71.6 Å². The average molecular weight is 483 g/mol. The SMILES string of the molecule is COc1ccc(CNC(=O)[C@H]2CN(S(=O)(=O)c3ccc(C)cc3)c3ccccc3O2)cc1OC. The summed E-state index contributed by atoms with van der Waals surface area (Å²) in [5, 5.41) is 2.83. The van der Waals surface area contributed by atoms with Crippen LogP contribution in [-0.4, -0.2) is 41.2 Å². The molecule has 3 aromatic rings. The Balaban J connectivity index is 1.56. The van der Waals surface area contributed by atoms with Gasteiger partial charge in [-0.2, -0.15) is 0 Å². The predicted octanol–water partition coefficient (Wildman–Crippen LogP) is 3.28. The first-order valence-electron chi connectivity index (χ1n) is 10.7. The molecule has 1 N–H and O–H groups in total. The van der Waals surface area contributed by atoms with Crippen molar-refractivity contribution in [3.05, 3.63) is 77.9 Å². The third kappa shape index (κ3) is 4.65. The van der Waals surface area contributed by atoms with Crippen LogP contribution in [0.4, 0.5) is 5.69 Å². The van der Waals surface area contributed by atoms with Crippen LogP contribution in [-0.2, 0) is 21.4 Å². The van der Waals surface area contributed by atoms with Crippen LogP contribution in [0.5, 0.6) is 17.2 Å². The molecule has 1 aliphatic rings. The van der Waals surface area contributed by atoms with Crippen molar-refractivity contribution < 1.29 is 27.4 Å². The summed E-state index contributed by atoms with van der Waals surface area (Å²) in [5.41, 5.74) is 2.15. The Bertz CT molecular complexity index is 1290. The quantitative estimate of drug-likeness (QED) is 0.556. The van der Waals surface area contributed by atoms with E-state index in [0.717, 1.165) is 11.1 Å². The van der Waals surface area contributed by atoms with Crippen LogP contribution in [0.2, 0.25) is 0 Å². The number of nitrogens with zero attached hydrogens (tertiary/aromatic N) is 1. The van der Waals surface area contributed by atoms with Gasteiger partial charge in [0, 0.05) is 6.54 Å². The number of ether oxygens (including phenoxy) is 3. The maximum absolute atomic E-state index is 13.5. The van der Waals surface area contributed by atoms with E-state index in [-0.39, 0.29) is 18.0 Å². The molecule has 34 heavy (non-hydrogen) atoms. The topological polar surface area (TPSA) is 94.2 Å². The van der Waals surface area contributed by atoms with Gasteiger partial charge >= 0.3 is 0 Å². The molecule has 178 valence electrons. The van der Waals surface area contributed by atoms with E-state index in [2.05, 4.69) is 5.32 Å². The Morgan fingerprint density at radius 2 is 1.74 bits per heavy atom. The van der Waals surface area contributed by atoms with E-state index in [0.29, 0.717) is 22.9 Å². The molecule has 4 rings (SSSR count). The minimum absolute atomic E-state index is 0.148. The van der Waals surface area contributed by atoms with Crippen molar-refractivity contribution in [2.45, 2.75) is 24.5 Å². The highest BCUT2D eigenvalue weighted by Gasteiger charge is 2.37. The molecular formula is C25H26N2O6S. The summed E-state index contributed by atoms with van der Waals surface area (Å²) in [5.74, 6) is 1.04. The number of nitrogens with one attached hydrogen (secondary N) is 1. The zero-order chi connectivity index (χ0) is 24.3. The van der Waals surface area contributed by atoms with Crippen molar-refractivity contribution in [1.82, 2.24) is 5.32 Å². The second-order valence-electron chi connectivity index (χ2n) is 7.83. The van der Waals surface area contributed by atoms with Crippen LogP contribution in [0.25, 0.3) is 0 Å². The van der Waals surface area contributed by atoms with E-state index in [1.807, 2.05) is 13.0 Å². The molecule has 0 radical (unpaired) electrons.